The molecule has 1 amide bonds. The van der Waals surface area contributed by atoms with Crippen LogP contribution in [0.4, 0.5) is 24.7 Å². The summed E-state index contributed by atoms with van der Waals surface area (Å²) in [6, 6.07) is 7.30. The van der Waals surface area contributed by atoms with Crippen molar-refractivity contribution in [2.45, 2.75) is 25.1 Å². The number of likely N-dealkylation sites (tertiary alicyclic amines) is 1. The van der Waals surface area contributed by atoms with E-state index in [9.17, 15) is 18.0 Å². The molecule has 9 nitrogen and oxygen atoms in total. The van der Waals surface area contributed by atoms with Crippen molar-refractivity contribution < 1.29 is 22.7 Å². The van der Waals surface area contributed by atoms with Gasteiger partial charge in [-0.2, -0.15) is 13.2 Å². The molecule has 218 valence electrons. The van der Waals surface area contributed by atoms with E-state index >= 15 is 0 Å². The molecule has 0 unspecified atom stereocenters. The highest BCUT2D eigenvalue weighted by Crippen LogP contribution is 2.35. The molecule has 2 aliphatic rings. The summed E-state index contributed by atoms with van der Waals surface area (Å²) in [5.41, 5.74) is 2.78. The maximum Gasteiger partial charge on any atom is 0.408 e. The summed E-state index contributed by atoms with van der Waals surface area (Å²) in [6.07, 6.45) is -2.09. The van der Waals surface area contributed by atoms with Crippen molar-refractivity contribution in [1.82, 2.24) is 24.8 Å². The Kier molecular flexibility index (Phi) is 8.65. The topological polar surface area (TPSA) is 89.6 Å². The van der Waals surface area contributed by atoms with Crippen LogP contribution in [0.15, 0.2) is 36.7 Å². The fourth-order valence-corrected chi connectivity index (χ4v) is 5.29. The van der Waals surface area contributed by atoms with Gasteiger partial charge in [-0.3, -0.25) is 9.69 Å². The number of amides is 1. The molecule has 0 spiro atoms. The monoisotopic (exact) mass is 569 g/mol. The number of aromatic amines is 1. The number of ether oxygens (including phenoxy) is 1. The first-order chi connectivity index (χ1) is 19.7. The molecule has 4 heterocycles. The number of benzene rings is 1. The minimum atomic E-state index is -4.39. The van der Waals surface area contributed by atoms with Crippen molar-refractivity contribution in [2.75, 3.05) is 70.2 Å². The summed E-state index contributed by atoms with van der Waals surface area (Å²) >= 11 is 0. The average Bonchev–Trinajstić information content (AvgIpc) is 3.41. The maximum atomic E-state index is 14.1. The average molecular weight is 570 g/mol. The Labute approximate surface area is 237 Å². The van der Waals surface area contributed by atoms with E-state index in [-0.39, 0.29) is 5.91 Å². The number of hydrogen-bond donors (Lipinski definition) is 2. The van der Waals surface area contributed by atoms with Gasteiger partial charge in [-0.25, -0.2) is 9.97 Å². The Balaban J connectivity index is 1.24. The third kappa shape index (κ3) is 6.92. The number of carbonyl (C=O) groups is 1. The number of H-pyrrole nitrogens is 1. The van der Waals surface area contributed by atoms with E-state index in [0.29, 0.717) is 57.0 Å². The molecule has 0 bridgehead atoms. The SMILES string of the molecule is CN(C)C(=O)C#CCN1CCC([C@H](Nc2ccc(-c3cc4c(N5CCOCC5)ncnc4[nH]3)cc2)C(F)(F)F)CC1. The van der Waals surface area contributed by atoms with Crippen LogP contribution in [0.25, 0.3) is 22.3 Å². The highest BCUT2D eigenvalue weighted by atomic mass is 19.4. The molecule has 5 rings (SSSR count). The molecule has 2 saturated heterocycles. The van der Waals surface area contributed by atoms with Crippen LogP contribution in [0.2, 0.25) is 0 Å². The van der Waals surface area contributed by atoms with Gasteiger partial charge < -0.3 is 24.8 Å². The number of carbonyl (C=O) groups excluding carboxylic acids is 1. The fourth-order valence-electron chi connectivity index (χ4n) is 5.29. The van der Waals surface area contributed by atoms with Crippen LogP contribution in [0.1, 0.15) is 12.8 Å². The second kappa shape index (κ2) is 12.4. The molecule has 2 fully saturated rings. The zero-order chi connectivity index (χ0) is 29.0. The van der Waals surface area contributed by atoms with Crippen molar-refractivity contribution in [1.29, 1.82) is 0 Å². The summed E-state index contributed by atoms with van der Waals surface area (Å²) in [4.78, 5) is 29.3. The van der Waals surface area contributed by atoms with Gasteiger partial charge in [0, 0.05) is 38.6 Å². The van der Waals surface area contributed by atoms with E-state index in [1.165, 1.54) is 11.2 Å². The van der Waals surface area contributed by atoms with E-state index in [0.717, 1.165) is 35.6 Å². The normalized spacial score (nSPS) is 17.6. The Morgan fingerprint density at radius 2 is 1.85 bits per heavy atom. The molecule has 0 radical (unpaired) electrons. The fraction of sp³-hybridized carbons (Fsp3) is 0.483. The number of piperidine rings is 1. The molecule has 1 atom stereocenters. The largest absolute Gasteiger partial charge is 0.408 e. The zero-order valence-electron chi connectivity index (χ0n) is 23.2. The van der Waals surface area contributed by atoms with Crippen molar-refractivity contribution in [2.24, 2.45) is 5.92 Å². The van der Waals surface area contributed by atoms with Gasteiger partial charge >= 0.3 is 6.18 Å². The lowest BCUT2D eigenvalue weighted by atomic mass is 9.88. The number of alkyl halides is 3. The lowest BCUT2D eigenvalue weighted by Gasteiger charge is -2.36. The minimum Gasteiger partial charge on any atom is -0.378 e. The first-order valence-electron chi connectivity index (χ1n) is 13.7. The smallest absolute Gasteiger partial charge is 0.378 e. The number of halogens is 3. The molecule has 2 aromatic heterocycles. The molecule has 0 saturated carbocycles. The number of aromatic nitrogens is 3. The molecule has 2 N–H and O–H groups in total. The molecular formula is C29H34F3N7O2. The van der Waals surface area contributed by atoms with Crippen molar-refractivity contribution in [3.63, 3.8) is 0 Å². The summed E-state index contributed by atoms with van der Waals surface area (Å²) in [5, 5.41) is 3.65. The Morgan fingerprint density at radius 1 is 1.15 bits per heavy atom. The third-order valence-corrected chi connectivity index (χ3v) is 7.59. The Morgan fingerprint density at radius 3 is 2.51 bits per heavy atom. The molecule has 1 aromatic carbocycles. The van der Waals surface area contributed by atoms with E-state index in [1.54, 1.807) is 38.4 Å². The zero-order valence-corrected chi connectivity index (χ0v) is 23.2. The highest BCUT2D eigenvalue weighted by Gasteiger charge is 2.45. The quantitative estimate of drug-likeness (QED) is 0.439. The summed E-state index contributed by atoms with van der Waals surface area (Å²) in [5.74, 6) is 5.37. The number of hydrogen-bond acceptors (Lipinski definition) is 7. The van der Waals surface area contributed by atoms with Gasteiger partial charge in [0.05, 0.1) is 25.1 Å². The molecular weight excluding hydrogens is 535 g/mol. The van der Waals surface area contributed by atoms with Crippen molar-refractivity contribution in [3.8, 4) is 23.1 Å². The van der Waals surface area contributed by atoms with E-state index < -0.39 is 18.1 Å². The van der Waals surface area contributed by atoms with Gasteiger partial charge in [-0.05, 0) is 61.5 Å². The van der Waals surface area contributed by atoms with E-state index in [4.69, 9.17) is 4.74 Å². The lowest BCUT2D eigenvalue weighted by molar-refractivity contribution is -0.156. The number of morpholine rings is 1. The molecule has 41 heavy (non-hydrogen) atoms. The first-order valence-corrected chi connectivity index (χ1v) is 13.7. The summed E-state index contributed by atoms with van der Waals surface area (Å²) in [7, 11) is 3.25. The van der Waals surface area contributed by atoms with Crippen LogP contribution in [0.3, 0.4) is 0 Å². The van der Waals surface area contributed by atoms with Crippen LogP contribution in [-0.2, 0) is 9.53 Å². The summed E-state index contributed by atoms with van der Waals surface area (Å²) in [6.45, 7) is 4.14. The highest BCUT2D eigenvalue weighted by molar-refractivity contribution is 5.93. The Hall–Kier alpha value is -3.82. The van der Waals surface area contributed by atoms with Gasteiger partial charge in [0.2, 0.25) is 0 Å². The van der Waals surface area contributed by atoms with Gasteiger partial charge in [0.25, 0.3) is 5.91 Å². The van der Waals surface area contributed by atoms with Crippen LogP contribution in [-0.4, -0.2) is 103 Å². The van der Waals surface area contributed by atoms with Gasteiger partial charge in [0.15, 0.2) is 0 Å². The molecule has 2 aliphatic heterocycles. The lowest BCUT2D eigenvalue weighted by Crippen LogP contribution is -2.47. The second-order valence-electron chi connectivity index (χ2n) is 10.6. The number of nitrogens with one attached hydrogen (secondary N) is 2. The second-order valence-corrected chi connectivity index (χ2v) is 10.6. The molecule has 3 aromatic rings. The van der Waals surface area contributed by atoms with Crippen LogP contribution < -0.4 is 10.2 Å². The number of anilines is 2. The Bertz CT molecular complexity index is 1400. The van der Waals surface area contributed by atoms with Crippen LogP contribution in [0, 0.1) is 17.8 Å². The maximum absolute atomic E-state index is 14.1. The van der Waals surface area contributed by atoms with Gasteiger partial charge in [-0.15, -0.1) is 0 Å². The van der Waals surface area contributed by atoms with Crippen molar-refractivity contribution in [3.05, 3.63) is 36.7 Å². The summed E-state index contributed by atoms with van der Waals surface area (Å²) < 4.78 is 47.9. The van der Waals surface area contributed by atoms with E-state index in [2.05, 4.69) is 37.0 Å². The van der Waals surface area contributed by atoms with Gasteiger partial charge in [-0.1, -0.05) is 18.1 Å². The van der Waals surface area contributed by atoms with E-state index in [1.807, 2.05) is 11.0 Å². The first kappa shape index (κ1) is 28.7. The van der Waals surface area contributed by atoms with Crippen molar-refractivity contribution >= 4 is 28.4 Å². The molecule has 0 aliphatic carbocycles. The van der Waals surface area contributed by atoms with Crippen LogP contribution in [0.5, 0.6) is 0 Å². The predicted molar refractivity (Wildman–Crippen MR) is 151 cm³/mol. The minimum absolute atomic E-state index is 0.289. The number of fused-ring (bicyclic) bond motifs is 1. The number of nitrogens with zero attached hydrogens (tertiary/aromatic N) is 5. The number of rotatable bonds is 6. The standard InChI is InChI=1S/C29H34F3N7O2/c1-37(2)25(40)4-3-11-38-12-9-21(10-13-38)26(29(30,31)32)35-22-7-5-20(6-8-22)24-18-23-27(36-24)33-19-34-28(23)39-14-16-41-17-15-39/h5-8,18-19,21,26,35H,9-17H2,1-2H3,(H,33,34,36)/t26-/m0/s1. The predicted octanol–water partition coefficient (Wildman–Crippen LogP) is 3.61. The third-order valence-electron chi connectivity index (χ3n) is 7.59. The van der Waals surface area contributed by atoms with Crippen LogP contribution >= 0.6 is 0 Å². The molecule has 12 heteroatoms. The van der Waals surface area contributed by atoms with Gasteiger partial charge in [0.1, 0.15) is 23.8 Å².